The van der Waals surface area contributed by atoms with Crippen LogP contribution in [-0.2, 0) is 10.0 Å². The highest BCUT2D eigenvalue weighted by Crippen LogP contribution is 2.24. The summed E-state index contributed by atoms with van der Waals surface area (Å²) in [6.45, 7) is 1.60. The predicted octanol–water partition coefficient (Wildman–Crippen LogP) is 3.63. The van der Waals surface area contributed by atoms with Crippen LogP contribution in [0.1, 0.15) is 18.5 Å². The lowest BCUT2D eigenvalue weighted by Gasteiger charge is -2.16. The SMILES string of the molecule is CC(NS(=O)(=O)c1ccccc1Br)c1ccccc1F. The molecule has 0 radical (unpaired) electrons. The highest BCUT2D eigenvalue weighted by molar-refractivity contribution is 9.10. The Morgan fingerprint density at radius 1 is 1.10 bits per heavy atom. The van der Waals surface area contributed by atoms with E-state index in [1.807, 2.05) is 0 Å². The molecule has 0 amide bonds. The van der Waals surface area contributed by atoms with Crippen LogP contribution in [0.25, 0.3) is 0 Å². The first-order chi connectivity index (χ1) is 9.42. The van der Waals surface area contributed by atoms with Gasteiger partial charge in [-0.1, -0.05) is 30.3 Å². The maximum atomic E-state index is 13.7. The van der Waals surface area contributed by atoms with Gasteiger partial charge >= 0.3 is 0 Å². The van der Waals surface area contributed by atoms with Crippen molar-refractivity contribution >= 4 is 26.0 Å². The van der Waals surface area contributed by atoms with Gasteiger partial charge in [0.15, 0.2) is 0 Å². The van der Waals surface area contributed by atoms with Crippen LogP contribution in [0.15, 0.2) is 57.9 Å². The first-order valence-corrected chi connectivity index (χ1v) is 8.21. The van der Waals surface area contributed by atoms with E-state index in [1.54, 1.807) is 43.3 Å². The third-order valence-electron chi connectivity index (χ3n) is 2.83. The van der Waals surface area contributed by atoms with Crippen LogP contribution in [0.5, 0.6) is 0 Å². The summed E-state index contributed by atoms with van der Waals surface area (Å²) < 4.78 is 41.2. The van der Waals surface area contributed by atoms with Crippen LogP contribution >= 0.6 is 15.9 Å². The van der Waals surface area contributed by atoms with Crippen LogP contribution in [-0.4, -0.2) is 8.42 Å². The summed E-state index contributed by atoms with van der Waals surface area (Å²) >= 11 is 3.20. The molecule has 3 nitrogen and oxygen atoms in total. The molecule has 0 aliphatic heterocycles. The van der Waals surface area contributed by atoms with E-state index in [2.05, 4.69) is 20.7 Å². The number of halogens is 2. The molecule has 0 heterocycles. The van der Waals surface area contributed by atoms with Gasteiger partial charge in [-0.2, -0.15) is 0 Å². The van der Waals surface area contributed by atoms with E-state index >= 15 is 0 Å². The lowest BCUT2D eigenvalue weighted by Crippen LogP contribution is -2.27. The molecule has 106 valence electrons. The number of hydrogen-bond acceptors (Lipinski definition) is 2. The van der Waals surface area contributed by atoms with E-state index in [0.29, 0.717) is 10.0 Å². The Labute approximate surface area is 126 Å². The Hall–Kier alpha value is -1.24. The molecule has 1 unspecified atom stereocenters. The minimum absolute atomic E-state index is 0.128. The van der Waals surface area contributed by atoms with Crippen molar-refractivity contribution in [3.63, 3.8) is 0 Å². The fourth-order valence-corrected chi connectivity index (χ4v) is 4.07. The van der Waals surface area contributed by atoms with Crippen molar-refractivity contribution in [2.75, 3.05) is 0 Å². The highest BCUT2D eigenvalue weighted by Gasteiger charge is 2.21. The summed E-state index contributed by atoms with van der Waals surface area (Å²) in [5.74, 6) is -0.435. The van der Waals surface area contributed by atoms with Gasteiger partial charge in [0.25, 0.3) is 0 Å². The Bertz CT molecular complexity index is 719. The Kier molecular flexibility index (Phi) is 4.57. The topological polar surface area (TPSA) is 46.2 Å². The molecular formula is C14H13BrFNO2S. The van der Waals surface area contributed by atoms with Crippen molar-refractivity contribution in [3.05, 3.63) is 64.4 Å². The van der Waals surface area contributed by atoms with Gasteiger partial charge in [-0.05, 0) is 41.1 Å². The third kappa shape index (κ3) is 3.26. The second-order valence-electron chi connectivity index (χ2n) is 4.29. The van der Waals surface area contributed by atoms with Gasteiger partial charge in [-0.3, -0.25) is 0 Å². The molecule has 20 heavy (non-hydrogen) atoms. The Morgan fingerprint density at radius 2 is 1.70 bits per heavy atom. The minimum atomic E-state index is -3.72. The smallest absolute Gasteiger partial charge is 0.207 e. The summed E-state index contributed by atoms with van der Waals surface area (Å²) in [5.41, 5.74) is 0.308. The molecule has 0 aliphatic carbocycles. The van der Waals surface area contributed by atoms with Crippen LogP contribution in [0.4, 0.5) is 4.39 Å². The Morgan fingerprint density at radius 3 is 2.35 bits per heavy atom. The number of nitrogens with one attached hydrogen (secondary N) is 1. The molecular weight excluding hydrogens is 345 g/mol. The molecule has 0 aliphatic rings. The van der Waals surface area contributed by atoms with Crippen LogP contribution in [0.2, 0.25) is 0 Å². The van der Waals surface area contributed by atoms with Crippen molar-refractivity contribution in [1.29, 1.82) is 0 Å². The lowest BCUT2D eigenvalue weighted by atomic mass is 10.1. The van der Waals surface area contributed by atoms with Gasteiger partial charge in [0, 0.05) is 16.1 Å². The molecule has 0 saturated heterocycles. The van der Waals surface area contributed by atoms with E-state index in [1.165, 1.54) is 12.1 Å². The molecule has 0 saturated carbocycles. The maximum Gasteiger partial charge on any atom is 0.242 e. The Balaban J connectivity index is 2.30. The molecule has 6 heteroatoms. The number of sulfonamides is 1. The molecule has 0 aromatic heterocycles. The molecule has 2 aromatic carbocycles. The van der Waals surface area contributed by atoms with Gasteiger partial charge in [-0.25, -0.2) is 17.5 Å². The van der Waals surface area contributed by atoms with Gasteiger partial charge in [0.2, 0.25) is 10.0 Å². The van der Waals surface area contributed by atoms with Crippen LogP contribution in [0, 0.1) is 5.82 Å². The normalized spacial score (nSPS) is 13.2. The second kappa shape index (κ2) is 6.03. The van der Waals surface area contributed by atoms with Gasteiger partial charge in [0.05, 0.1) is 4.90 Å². The molecule has 1 N–H and O–H groups in total. The highest BCUT2D eigenvalue weighted by atomic mass is 79.9. The molecule has 0 bridgehead atoms. The average Bonchev–Trinajstić information content (AvgIpc) is 2.38. The van der Waals surface area contributed by atoms with E-state index < -0.39 is 21.9 Å². The van der Waals surface area contributed by atoms with Gasteiger partial charge in [-0.15, -0.1) is 0 Å². The van der Waals surface area contributed by atoms with Crippen LogP contribution in [0.3, 0.4) is 0 Å². The van der Waals surface area contributed by atoms with Crippen molar-refractivity contribution in [2.24, 2.45) is 0 Å². The van der Waals surface area contributed by atoms with E-state index in [9.17, 15) is 12.8 Å². The predicted molar refractivity (Wildman–Crippen MR) is 79.3 cm³/mol. The fraction of sp³-hybridized carbons (Fsp3) is 0.143. The number of rotatable bonds is 4. The summed E-state index contributed by atoms with van der Waals surface area (Å²) in [4.78, 5) is 0.128. The minimum Gasteiger partial charge on any atom is -0.207 e. The molecule has 0 fully saturated rings. The van der Waals surface area contributed by atoms with Crippen molar-refractivity contribution < 1.29 is 12.8 Å². The zero-order valence-corrected chi connectivity index (χ0v) is 13.1. The summed E-state index contributed by atoms with van der Waals surface area (Å²) in [5, 5.41) is 0. The molecule has 0 spiro atoms. The van der Waals surface area contributed by atoms with Gasteiger partial charge < -0.3 is 0 Å². The molecule has 1 atom stereocenters. The second-order valence-corrected chi connectivity index (χ2v) is 6.83. The fourth-order valence-electron chi connectivity index (χ4n) is 1.85. The quantitative estimate of drug-likeness (QED) is 0.907. The maximum absolute atomic E-state index is 13.7. The van der Waals surface area contributed by atoms with Crippen molar-refractivity contribution in [1.82, 2.24) is 4.72 Å². The summed E-state index contributed by atoms with van der Waals surface area (Å²) in [6.07, 6.45) is 0. The van der Waals surface area contributed by atoms with E-state index in [4.69, 9.17) is 0 Å². The standard InChI is InChI=1S/C14H13BrFNO2S/c1-10(11-6-2-4-8-13(11)16)17-20(18,19)14-9-5-3-7-12(14)15/h2-10,17H,1H3. The van der Waals surface area contributed by atoms with E-state index in [-0.39, 0.29) is 4.90 Å². The number of benzene rings is 2. The largest absolute Gasteiger partial charge is 0.242 e. The molecule has 2 aromatic rings. The summed E-state index contributed by atoms with van der Waals surface area (Å²) in [6, 6.07) is 11.9. The monoisotopic (exact) mass is 357 g/mol. The lowest BCUT2D eigenvalue weighted by molar-refractivity contribution is 0.549. The van der Waals surface area contributed by atoms with Crippen molar-refractivity contribution in [2.45, 2.75) is 17.9 Å². The summed E-state index contributed by atoms with van der Waals surface area (Å²) in [7, 11) is -3.72. The first-order valence-electron chi connectivity index (χ1n) is 5.93. The van der Waals surface area contributed by atoms with Crippen LogP contribution < -0.4 is 4.72 Å². The zero-order valence-electron chi connectivity index (χ0n) is 10.7. The van der Waals surface area contributed by atoms with E-state index in [0.717, 1.165) is 0 Å². The average molecular weight is 358 g/mol. The zero-order chi connectivity index (χ0) is 14.8. The molecule has 2 rings (SSSR count). The number of hydrogen-bond donors (Lipinski definition) is 1. The third-order valence-corrected chi connectivity index (χ3v) is 5.38. The van der Waals surface area contributed by atoms with Crippen molar-refractivity contribution in [3.8, 4) is 0 Å². The van der Waals surface area contributed by atoms with Gasteiger partial charge in [0.1, 0.15) is 5.82 Å². The first kappa shape index (κ1) is 15.2.